The molecule has 0 aromatic heterocycles. The van der Waals surface area contributed by atoms with E-state index in [0.29, 0.717) is 18.2 Å². The van der Waals surface area contributed by atoms with Crippen LogP contribution in [0.5, 0.6) is 0 Å². The summed E-state index contributed by atoms with van der Waals surface area (Å²) >= 11 is 11.4. The normalized spacial score (nSPS) is 15.6. The highest BCUT2D eigenvalue weighted by Gasteiger charge is 2.22. The van der Waals surface area contributed by atoms with Gasteiger partial charge in [-0.15, -0.1) is 0 Å². The summed E-state index contributed by atoms with van der Waals surface area (Å²) in [5.74, 6) is 0. The molecule has 1 aliphatic rings. The average molecular weight is 385 g/mol. The molecule has 1 heterocycles. The van der Waals surface area contributed by atoms with Gasteiger partial charge in [-0.05, 0) is 36.8 Å². The Bertz CT molecular complexity index is 636. The van der Waals surface area contributed by atoms with Gasteiger partial charge >= 0.3 is 0 Å². The van der Waals surface area contributed by atoms with E-state index >= 15 is 0 Å². The predicted octanol–water partition coefficient (Wildman–Crippen LogP) is 5.48. The van der Waals surface area contributed by atoms with Gasteiger partial charge in [0.05, 0.1) is 18.2 Å². The summed E-state index contributed by atoms with van der Waals surface area (Å²) in [4.78, 5) is 2.02. The molecule has 0 bridgehead atoms. The average Bonchev–Trinajstić information content (AvgIpc) is 2.98. The molecule has 0 aliphatic carbocycles. The zero-order chi connectivity index (χ0) is 14.8. The first-order valence-electron chi connectivity index (χ1n) is 6.46. The first kappa shape index (κ1) is 15.4. The Morgan fingerprint density at radius 1 is 1.19 bits per heavy atom. The number of hydrogen-bond acceptors (Lipinski definition) is 3. The quantitative estimate of drug-likeness (QED) is 0.698. The zero-order valence-corrected chi connectivity index (χ0v) is 14.3. The minimum absolute atomic E-state index is 0.319. The second kappa shape index (κ2) is 6.71. The maximum atomic E-state index is 6.29. The first-order valence-corrected chi connectivity index (χ1v) is 8.45. The minimum Gasteiger partial charge on any atom is -0.346 e. The van der Waals surface area contributed by atoms with E-state index in [2.05, 4.69) is 22.9 Å². The molecule has 0 unspecified atom stereocenters. The van der Waals surface area contributed by atoms with Crippen LogP contribution >= 0.6 is 39.3 Å². The van der Waals surface area contributed by atoms with E-state index in [9.17, 15) is 0 Å². The molecule has 0 saturated carbocycles. The molecule has 1 saturated heterocycles. The van der Waals surface area contributed by atoms with Crippen LogP contribution in [0, 0.1) is 6.92 Å². The fraction of sp³-hybridized carbons (Fsp3) is 0.188. The molecule has 21 heavy (non-hydrogen) atoms. The third-order valence-electron chi connectivity index (χ3n) is 3.11. The van der Waals surface area contributed by atoms with E-state index < -0.39 is 0 Å². The Morgan fingerprint density at radius 2 is 1.95 bits per heavy atom. The third kappa shape index (κ3) is 3.46. The lowest BCUT2D eigenvalue weighted by atomic mass is 10.2. The van der Waals surface area contributed by atoms with E-state index in [0.717, 1.165) is 25.4 Å². The van der Waals surface area contributed by atoms with Crippen LogP contribution in [0.1, 0.15) is 17.4 Å². The summed E-state index contributed by atoms with van der Waals surface area (Å²) in [7, 11) is 0. The number of hydrogen-bond donors (Lipinski definition) is 0. The van der Waals surface area contributed by atoms with Gasteiger partial charge in [0.15, 0.2) is 6.29 Å². The summed E-state index contributed by atoms with van der Waals surface area (Å²) in [6.07, 6.45) is -0.319. The standard InChI is InChI=1S/C16H13BrClO2S/c1-10-3-2-4-13(18)15(10)21-14-6-5-11(17)9-12(14)16-19-7-8-20-16/h2-6,9,16H,1,7-8H2. The molecule has 3 rings (SSSR count). The number of rotatable bonds is 3. The summed E-state index contributed by atoms with van der Waals surface area (Å²) in [6, 6.07) is 11.8. The van der Waals surface area contributed by atoms with Gasteiger partial charge in [-0.3, -0.25) is 0 Å². The molecular formula is C16H13BrClO2S. The molecule has 1 aliphatic heterocycles. The van der Waals surface area contributed by atoms with Crippen molar-refractivity contribution in [2.24, 2.45) is 0 Å². The van der Waals surface area contributed by atoms with Crippen LogP contribution in [-0.2, 0) is 9.47 Å². The van der Waals surface area contributed by atoms with Crippen LogP contribution < -0.4 is 0 Å². The topological polar surface area (TPSA) is 18.5 Å². The van der Waals surface area contributed by atoms with Crippen LogP contribution in [0.25, 0.3) is 0 Å². The Balaban J connectivity index is 1.98. The highest BCUT2D eigenvalue weighted by Crippen LogP contribution is 2.41. The third-order valence-corrected chi connectivity index (χ3v) is 5.31. The highest BCUT2D eigenvalue weighted by atomic mass is 79.9. The lowest BCUT2D eigenvalue weighted by Crippen LogP contribution is -2.00. The summed E-state index contributed by atoms with van der Waals surface area (Å²) in [6.45, 7) is 5.28. The maximum absolute atomic E-state index is 6.29. The van der Waals surface area contributed by atoms with Gasteiger partial charge in [-0.25, -0.2) is 0 Å². The summed E-state index contributed by atoms with van der Waals surface area (Å²) < 4.78 is 12.3. The molecule has 1 fully saturated rings. The molecule has 2 aromatic carbocycles. The fourth-order valence-electron chi connectivity index (χ4n) is 2.11. The molecule has 0 N–H and O–H groups in total. The monoisotopic (exact) mass is 383 g/mol. The number of halogens is 2. The van der Waals surface area contributed by atoms with E-state index in [4.69, 9.17) is 21.1 Å². The molecule has 0 spiro atoms. The van der Waals surface area contributed by atoms with Gasteiger partial charge in [-0.1, -0.05) is 51.4 Å². The molecule has 1 radical (unpaired) electrons. The first-order chi connectivity index (χ1) is 10.1. The van der Waals surface area contributed by atoms with Crippen molar-refractivity contribution >= 4 is 39.3 Å². The Labute approximate surface area is 141 Å². The minimum atomic E-state index is -0.319. The van der Waals surface area contributed by atoms with Gasteiger partial charge in [0.25, 0.3) is 0 Å². The van der Waals surface area contributed by atoms with Crippen LogP contribution in [0.2, 0.25) is 5.02 Å². The largest absolute Gasteiger partial charge is 0.346 e. The van der Waals surface area contributed by atoms with Crippen molar-refractivity contribution in [1.29, 1.82) is 0 Å². The molecule has 0 amide bonds. The van der Waals surface area contributed by atoms with Crippen LogP contribution in [0.4, 0.5) is 0 Å². The molecular weight excluding hydrogens is 372 g/mol. The second-order valence-corrected chi connectivity index (χ2v) is 6.96. The van der Waals surface area contributed by atoms with E-state index in [1.54, 1.807) is 11.8 Å². The van der Waals surface area contributed by atoms with Crippen LogP contribution in [-0.4, -0.2) is 13.2 Å². The Kier molecular flexibility index (Phi) is 4.92. The fourth-order valence-corrected chi connectivity index (χ4v) is 3.79. The van der Waals surface area contributed by atoms with Crippen molar-refractivity contribution in [3.05, 3.63) is 63.9 Å². The smallest absolute Gasteiger partial charge is 0.185 e. The molecule has 0 atom stereocenters. The predicted molar refractivity (Wildman–Crippen MR) is 88.8 cm³/mol. The second-order valence-electron chi connectivity index (χ2n) is 4.59. The zero-order valence-electron chi connectivity index (χ0n) is 11.1. The van der Waals surface area contributed by atoms with Crippen LogP contribution in [0.3, 0.4) is 0 Å². The van der Waals surface area contributed by atoms with Crippen molar-refractivity contribution in [3.63, 3.8) is 0 Å². The van der Waals surface area contributed by atoms with Crippen molar-refractivity contribution in [3.8, 4) is 0 Å². The Hall–Kier alpha value is -0.520. The molecule has 109 valence electrons. The molecule has 2 nitrogen and oxygen atoms in total. The van der Waals surface area contributed by atoms with Crippen molar-refractivity contribution in [2.45, 2.75) is 16.1 Å². The van der Waals surface area contributed by atoms with Gasteiger partial charge in [-0.2, -0.15) is 0 Å². The number of benzene rings is 2. The Morgan fingerprint density at radius 3 is 2.67 bits per heavy atom. The molecule has 2 aromatic rings. The van der Waals surface area contributed by atoms with Gasteiger partial charge in [0, 0.05) is 19.8 Å². The van der Waals surface area contributed by atoms with E-state index in [1.807, 2.05) is 36.4 Å². The van der Waals surface area contributed by atoms with Crippen LogP contribution in [0.15, 0.2) is 50.7 Å². The molecule has 5 heteroatoms. The summed E-state index contributed by atoms with van der Waals surface area (Å²) in [5.41, 5.74) is 1.92. The number of ether oxygens (including phenoxy) is 2. The van der Waals surface area contributed by atoms with E-state index in [1.165, 1.54) is 0 Å². The van der Waals surface area contributed by atoms with Crippen molar-refractivity contribution in [2.75, 3.05) is 13.2 Å². The van der Waals surface area contributed by atoms with Gasteiger partial charge in [0.2, 0.25) is 0 Å². The highest BCUT2D eigenvalue weighted by molar-refractivity contribution is 9.10. The van der Waals surface area contributed by atoms with Crippen molar-refractivity contribution < 1.29 is 9.47 Å². The maximum Gasteiger partial charge on any atom is 0.185 e. The van der Waals surface area contributed by atoms with Gasteiger partial charge < -0.3 is 9.47 Å². The van der Waals surface area contributed by atoms with Gasteiger partial charge in [0.1, 0.15) is 0 Å². The lowest BCUT2D eigenvalue weighted by Gasteiger charge is -2.16. The summed E-state index contributed by atoms with van der Waals surface area (Å²) in [5, 5.41) is 0.703. The van der Waals surface area contributed by atoms with E-state index in [-0.39, 0.29) is 6.29 Å². The SMILES string of the molecule is [CH2]c1cccc(Cl)c1Sc1ccc(Br)cc1C1OCCO1. The lowest BCUT2D eigenvalue weighted by molar-refractivity contribution is -0.0460. The van der Waals surface area contributed by atoms with Crippen molar-refractivity contribution in [1.82, 2.24) is 0 Å².